The Hall–Kier alpha value is -0.450. The summed E-state index contributed by atoms with van der Waals surface area (Å²) in [6.45, 7) is 4.98. The first-order valence-electron chi connectivity index (χ1n) is 6.37. The average molecular weight is 303 g/mol. The van der Waals surface area contributed by atoms with Crippen LogP contribution in [0.4, 0.5) is 10.1 Å². The van der Waals surface area contributed by atoms with Gasteiger partial charge in [0.1, 0.15) is 5.82 Å². The second kappa shape index (κ2) is 5.51. The maximum Gasteiger partial charge on any atom is 0.125 e. The zero-order valence-corrected chi connectivity index (χ0v) is 12.9. The van der Waals surface area contributed by atoms with E-state index in [4.69, 9.17) is 17.3 Å². The van der Waals surface area contributed by atoms with Crippen molar-refractivity contribution in [3.05, 3.63) is 29.0 Å². The summed E-state index contributed by atoms with van der Waals surface area (Å²) >= 11 is 8.01. The molecule has 106 valence electrons. The highest BCUT2D eigenvalue weighted by Gasteiger charge is 2.39. The second-order valence-corrected chi connectivity index (χ2v) is 7.46. The molecular formula is C14H20ClFN2S. The monoisotopic (exact) mass is 302 g/mol. The molecule has 1 atom stereocenters. The quantitative estimate of drug-likeness (QED) is 0.893. The molecule has 1 aromatic carbocycles. The van der Waals surface area contributed by atoms with Gasteiger partial charge in [-0.3, -0.25) is 0 Å². The van der Waals surface area contributed by atoms with Crippen LogP contribution in [0.5, 0.6) is 0 Å². The van der Waals surface area contributed by atoms with Gasteiger partial charge in [0.15, 0.2) is 0 Å². The molecular weight excluding hydrogens is 283 g/mol. The Kier molecular flexibility index (Phi) is 4.33. The van der Waals surface area contributed by atoms with E-state index in [0.29, 0.717) is 17.3 Å². The van der Waals surface area contributed by atoms with Crippen LogP contribution in [-0.4, -0.2) is 23.6 Å². The fourth-order valence-corrected chi connectivity index (χ4v) is 4.29. The lowest BCUT2D eigenvalue weighted by Gasteiger charge is -2.45. The van der Waals surface area contributed by atoms with Gasteiger partial charge in [0, 0.05) is 12.3 Å². The van der Waals surface area contributed by atoms with Crippen molar-refractivity contribution < 1.29 is 4.39 Å². The van der Waals surface area contributed by atoms with Crippen LogP contribution in [0, 0.1) is 11.2 Å². The molecule has 19 heavy (non-hydrogen) atoms. The van der Waals surface area contributed by atoms with Gasteiger partial charge >= 0.3 is 0 Å². The Morgan fingerprint density at radius 2 is 2.16 bits per heavy atom. The van der Waals surface area contributed by atoms with Crippen molar-refractivity contribution in [1.82, 2.24) is 0 Å². The first-order valence-corrected chi connectivity index (χ1v) is 7.90. The van der Waals surface area contributed by atoms with Crippen LogP contribution in [0.2, 0.25) is 5.02 Å². The molecule has 1 aliphatic heterocycles. The third-order valence-electron chi connectivity index (χ3n) is 3.41. The molecule has 1 aromatic rings. The Morgan fingerprint density at radius 1 is 1.42 bits per heavy atom. The fraction of sp³-hybridized carbons (Fsp3) is 0.571. The number of hydrogen-bond acceptors (Lipinski definition) is 3. The van der Waals surface area contributed by atoms with E-state index in [1.54, 1.807) is 6.07 Å². The van der Waals surface area contributed by atoms with Crippen molar-refractivity contribution in [2.24, 2.45) is 11.1 Å². The maximum absolute atomic E-state index is 13.3. The minimum Gasteiger partial charge on any atom is -0.376 e. The van der Waals surface area contributed by atoms with Crippen LogP contribution in [0.3, 0.4) is 0 Å². The summed E-state index contributed by atoms with van der Waals surface area (Å²) in [7, 11) is 0. The maximum atomic E-state index is 13.3. The molecule has 0 aliphatic carbocycles. The van der Waals surface area contributed by atoms with Crippen LogP contribution < -0.4 is 11.1 Å². The Morgan fingerprint density at radius 3 is 2.79 bits per heavy atom. The van der Waals surface area contributed by atoms with Gasteiger partial charge in [-0.25, -0.2) is 4.39 Å². The van der Waals surface area contributed by atoms with Crippen molar-refractivity contribution in [3.8, 4) is 0 Å². The summed E-state index contributed by atoms with van der Waals surface area (Å²) in [5.74, 6) is 1.74. The van der Waals surface area contributed by atoms with E-state index in [2.05, 4.69) is 19.2 Å². The van der Waals surface area contributed by atoms with Crippen LogP contribution >= 0.6 is 23.4 Å². The summed E-state index contributed by atoms with van der Waals surface area (Å²) < 4.78 is 13.3. The van der Waals surface area contributed by atoms with Crippen LogP contribution in [0.15, 0.2) is 18.2 Å². The first-order chi connectivity index (χ1) is 8.86. The SMILES string of the molecule is CC1(C)CSCC(CN)(Nc2cc(F)ccc2Cl)C1. The molecule has 3 N–H and O–H groups in total. The molecule has 5 heteroatoms. The third kappa shape index (κ3) is 3.56. The second-order valence-electron chi connectivity index (χ2n) is 6.07. The first kappa shape index (κ1) is 14.9. The number of halogens is 2. The number of hydrogen-bond donors (Lipinski definition) is 2. The average Bonchev–Trinajstić information content (AvgIpc) is 2.33. The van der Waals surface area contributed by atoms with Crippen molar-refractivity contribution in [2.75, 3.05) is 23.4 Å². The van der Waals surface area contributed by atoms with Gasteiger partial charge in [0.25, 0.3) is 0 Å². The molecule has 0 aromatic heterocycles. The molecule has 0 amide bonds. The lowest BCUT2D eigenvalue weighted by Crippen LogP contribution is -2.53. The molecule has 1 unspecified atom stereocenters. The van der Waals surface area contributed by atoms with E-state index in [0.717, 1.165) is 17.9 Å². The number of nitrogens with two attached hydrogens (primary N) is 1. The van der Waals surface area contributed by atoms with E-state index in [9.17, 15) is 4.39 Å². The van der Waals surface area contributed by atoms with Crippen molar-refractivity contribution in [1.29, 1.82) is 0 Å². The van der Waals surface area contributed by atoms with E-state index in [-0.39, 0.29) is 16.8 Å². The Labute approximate surface area is 123 Å². The number of nitrogens with one attached hydrogen (secondary N) is 1. The van der Waals surface area contributed by atoms with Gasteiger partial charge in [-0.2, -0.15) is 11.8 Å². The molecule has 1 aliphatic rings. The molecule has 2 nitrogen and oxygen atoms in total. The van der Waals surface area contributed by atoms with Gasteiger partial charge < -0.3 is 11.1 Å². The predicted octanol–water partition coefficient (Wildman–Crippen LogP) is 3.75. The fourth-order valence-electron chi connectivity index (χ4n) is 2.68. The van der Waals surface area contributed by atoms with Gasteiger partial charge in [-0.05, 0) is 35.8 Å². The van der Waals surface area contributed by atoms with Crippen molar-refractivity contribution in [3.63, 3.8) is 0 Å². The van der Waals surface area contributed by atoms with Gasteiger partial charge in [0.05, 0.1) is 16.2 Å². The van der Waals surface area contributed by atoms with Crippen LogP contribution in [0.1, 0.15) is 20.3 Å². The molecule has 2 rings (SSSR count). The number of rotatable bonds is 3. The summed E-state index contributed by atoms with van der Waals surface area (Å²) in [6.07, 6.45) is 0.955. The highest BCUT2D eigenvalue weighted by Crippen LogP contribution is 2.41. The molecule has 1 saturated heterocycles. The highest BCUT2D eigenvalue weighted by atomic mass is 35.5. The largest absolute Gasteiger partial charge is 0.376 e. The zero-order chi connectivity index (χ0) is 14.1. The molecule has 0 saturated carbocycles. The van der Waals surface area contributed by atoms with E-state index >= 15 is 0 Å². The van der Waals surface area contributed by atoms with E-state index < -0.39 is 0 Å². The third-order valence-corrected chi connectivity index (χ3v) is 5.48. The summed E-state index contributed by atoms with van der Waals surface area (Å²) in [6, 6.07) is 4.37. The minimum absolute atomic E-state index is 0.217. The number of anilines is 1. The lowest BCUT2D eigenvalue weighted by atomic mass is 9.79. The van der Waals surface area contributed by atoms with Crippen molar-refractivity contribution in [2.45, 2.75) is 25.8 Å². The van der Waals surface area contributed by atoms with Gasteiger partial charge in [-0.1, -0.05) is 25.4 Å². The Bertz CT molecular complexity index is 467. The Balaban J connectivity index is 2.25. The molecule has 1 fully saturated rings. The van der Waals surface area contributed by atoms with Gasteiger partial charge in [0.2, 0.25) is 0 Å². The molecule has 0 bridgehead atoms. The van der Waals surface area contributed by atoms with E-state index in [1.807, 2.05) is 11.8 Å². The predicted molar refractivity (Wildman–Crippen MR) is 82.5 cm³/mol. The zero-order valence-electron chi connectivity index (χ0n) is 11.3. The standard InChI is InChI=1S/C14H20ClFN2S/c1-13(2)6-14(7-17,9-19-8-13)18-12-5-10(16)3-4-11(12)15/h3-5,18H,6-9,17H2,1-2H3. The molecule has 0 radical (unpaired) electrons. The van der Waals surface area contributed by atoms with E-state index in [1.165, 1.54) is 12.1 Å². The lowest BCUT2D eigenvalue weighted by molar-refractivity contribution is 0.290. The minimum atomic E-state index is -0.290. The molecule has 1 heterocycles. The highest BCUT2D eigenvalue weighted by molar-refractivity contribution is 7.99. The van der Waals surface area contributed by atoms with Crippen LogP contribution in [0.25, 0.3) is 0 Å². The smallest absolute Gasteiger partial charge is 0.125 e. The van der Waals surface area contributed by atoms with Crippen LogP contribution in [-0.2, 0) is 0 Å². The normalized spacial score (nSPS) is 26.2. The van der Waals surface area contributed by atoms with Crippen molar-refractivity contribution >= 4 is 29.1 Å². The summed E-state index contributed by atoms with van der Waals surface area (Å²) in [5, 5.41) is 3.92. The number of thioether (sulfide) groups is 1. The summed E-state index contributed by atoms with van der Waals surface area (Å²) in [4.78, 5) is 0. The topological polar surface area (TPSA) is 38.0 Å². The molecule has 0 spiro atoms. The van der Waals surface area contributed by atoms with Gasteiger partial charge in [-0.15, -0.1) is 0 Å². The summed E-state index contributed by atoms with van der Waals surface area (Å²) in [5.41, 5.74) is 6.61. The number of benzene rings is 1.